The first-order valence-corrected chi connectivity index (χ1v) is 8.02. The smallest absolute Gasteiger partial charge is 0.321 e. The standard InChI is InChI=1S/C16H21F2N3O2/c17-13-8-11(9-14(18)15(13)20-5-1-2-6-20)19-16(23)21-7-3-4-12(22)10-21/h8-9,12,22H,1-7,10H2,(H,19,23). The highest BCUT2D eigenvalue weighted by Crippen LogP contribution is 2.29. The zero-order valence-electron chi connectivity index (χ0n) is 12.9. The minimum absolute atomic E-state index is 0.0195. The molecule has 1 aromatic carbocycles. The second-order valence-corrected chi connectivity index (χ2v) is 6.15. The highest BCUT2D eigenvalue weighted by molar-refractivity contribution is 5.89. The van der Waals surface area contributed by atoms with Crippen molar-refractivity contribution in [1.82, 2.24) is 4.90 Å². The van der Waals surface area contributed by atoms with Crippen molar-refractivity contribution in [2.45, 2.75) is 31.8 Å². The average molecular weight is 325 g/mol. The molecule has 0 spiro atoms. The van der Waals surface area contributed by atoms with Gasteiger partial charge in [-0.25, -0.2) is 13.6 Å². The topological polar surface area (TPSA) is 55.8 Å². The number of urea groups is 1. The van der Waals surface area contributed by atoms with Gasteiger partial charge in [0.25, 0.3) is 0 Å². The highest BCUT2D eigenvalue weighted by atomic mass is 19.1. The molecule has 2 fully saturated rings. The number of anilines is 2. The summed E-state index contributed by atoms with van der Waals surface area (Å²) in [5.74, 6) is -1.33. The summed E-state index contributed by atoms with van der Waals surface area (Å²) < 4.78 is 28.5. The molecule has 2 amide bonds. The number of nitrogens with zero attached hydrogens (tertiary/aromatic N) is 2. The van der Waals surface area contributed by atoms with E-state index in [0.717, 1.165) is 25.0 Å². The van der Waals surface area contributed by atoms with Crippen LogP contribution in [0, 0.1) is 11.6 Å². The molecule has 0 aliphatic carbocycles. The number of hydrogen-bond donors (Lipinski definition) is 2. The Morgan fingerprint density at radius 3 is 2.39 bits per heavy atom. The summed E-state index contributed by atoms with van der Waals surface area (Å²) in [5.41, 5.74) is 0.0712. The third-order valence-corrected chi connectivity index (χ3v) is 4.37. The number of benzene rings is 1. The fourth-order valence-corrected chi connectivity index (χ4v) is 3.22. The van der Waals surface area contributed by atoms with Crippen molar-refractivity contribution in [2.24, 2.45) is 0 Å². The maximum atomic E-state index is 14.2. The number of amides is 2. The van der Waals surface area contributed by atoms with E-state index in [9.17, 15) is 18.7 Å². The van der Waals surface area contributed by atoms with Gasteiger partial charge in [-0.1, -0.05) is 0 Å². The van der Waals surface area contributed by atoms with E-state index in [1.807, 2.05) is 0 Å². The Hall–Kier alpha value is -1.89. The molecule has 1 unspecified atom stereocenters. The summed E-state index contributed by atoms with van der Waals surface area (Å²) in [6.45, 7) is 2.05. The summed E-state index contributed by atoms with van der Waals surface area (Å²) in [6.07, 6.45) is 2.69. The van der Waals surface area contributed by atoms with Gasteiger partial charge in [-0.15, -0.1) is 0 Å². The third-order valence-electron chi connectivity index (χ3n) is 4.37. The van der Waals surface area contributed by atoms with Crippen LogP contribution in [-0.2, 0) is 0 Å². The van der Waals surface area contributed by atoms with E-state index in [2.05, 4.69) is 5.32 Å². The summed E-state index contributed by atoms with van der Waals surface area (Å²) in [7, 11) is 0. The van der Waals surface area contributed by atoms with Gasteiger partial charge in [0.2, 0.25) is 0 Å². The van der Waals surface area contributed by atoms with Crippen LogP contribution >= 0.6 is 0 Å². The van der Waals surface area contributed by atoms with Gasteiger partial charge in [0.15, 0.2) is 11.6 Å². The molecule has 0 bridgehead atoms. The molecule has 1 aromatic rings. The Labute approximate surface area is 133 Å². The maximum absolute atomic E-state index is 14.2. The number of piperidine rings is 1. The molecule has 5 nitrogen and oxygen atoms in total. The fourth-order valence-electron chi connectivity index (χ4n) is 3.22. The SMILES string of the molecule is O=C(Nc1cc(F)c(N2CCCC2)c(F)c1)N1CCCC(O)C1. The van der Waals surface area contributed by atoms with Gasteiger partial charge < -0.3 is 20.2 Å². The van der Waals surface area contributed by atoms with Crippen LogP contribution in [0.4, 0.5) is 25.0 Å². The Kier molecular flexibility index (Phi) is 4.66. The molecule has 2 aliphatic rings. The quantitative estimate of drug-likeness (QED) is 0.879. The lowest BCUT2D eigenvalue weighted by Crippen LogP contribution is -2.44. The first-order chi connectivity index (χ1) is 11.0. The normalized spacial score (nSPS) is 21.6. The molecule has 2 heterocycles. The number of nitrogens with one attached hydrogen (secondary N) is 1. The van der Waals surface area contributed by atoms with Crippen molar-refractivity contribution in [3.05, 3.63) is 23.8 Å². The van der Waals surface area contributed by atoms with Crippen LogP contribution in [-0.4, -0.2) is 48.3 Å². The van der Waals surface area contributed by atoms with Crippen molar-refractivity contribution in [3.8, 4) is 0 Å². The highest BCUT2D eigenvalue weighted by Gasteiger charge is 2.24. The number of carbonyl (C=O) groups is 1. The zero-order chi connectivity index (χ0) is 16.4. The lowest BCUT2D eigenvalue weighted by atomic mass is 10.1. The molecule has 2 aliphatic heterocycles. The van der Waals surface area contributed by atoms with Crippen LogP contribution in [0.15, 0.2) is 12.1 Å². The summed E-state index contributed by atoms with van der Waals surface area (Å²) in [5, 5.41) is 12.1. The van der Waals surface area contributed by atoms with Crippen molar-refractivity contribution in [2.75, 3.05) is 36.4 Å². The van der Waals surface area contributed by atoms with E-state index in [4.69, 9.17) is 0 Å². The van der Waals surface area contributed by atoms with Gasteiger partial charge >= 0.3 is 6.03 Å². The third kappa shape index (κ3) is 3.55. The number of aliphatic hydroxyl groups is 1. The molecule has 23 heavy (non-hydrogen) atoms. The molecule has 7 heteroatoms. The Bertz CT molecular complexity index is 568. The number of halogens is 2. The van der Waals surface area contributed by atoms with Gasteiger partial charge in [0.05, 0.1) is 6.10 Å². The second-order valence-electron chi connectivity index (χ2n) is 6.15. The number of hydrogen-bond acceptors (Lipinski definition) is 3. The van der Waals surface area contributed by atoms with E-state index in [1.165, 1.54) is 4.90 Å². The van der Waals surface area contributed by atoms with Crippen LogP contribution in [0.2, 0.25) is 0 Å². The molecule has 0 aromatic heterocycles. The van der Waals surface area contributed by atoms with Crippen LogP contribution in [0.1, 0.15) is 25.7 Å². The Morgan fingerprint density at radius 1 is 1.13 bits per heavy atom. The number of β-amino-alcohol motifs (C(OH)–C–C–N with tert-alkyl or cyclic N) is 1. The Balaban J connectivity index is 1.72. The molecular formula is C16H21F2N3O2. The predicted octanol–water partition coefficient (Wildman–Crippen LogP) is 2.55. The van der Waals surface area contributed by atoms with Crippen molar-refractivity contribution < 1.29 is 18.7 Å². The molecule has 3 rings (SSSR count). The molecule has 2 N–H and O–H groups in total. The first kappa shape index (κ1) is 16.0. The molecular weight excluding hydrogens is 304 g/mol. The lowest BCUT2D eigenvalue weighted by molar-refractivity contribution is 0.0883. The van der Waals surface area contributed by atoms with Gasteiger partial charge in [0.1, 0.15) is 5.69 Å². The van der Waals surface area contributed by atoms with Gasteiger partial charge in [-0.3, -0.25) is 0 Å². The maximum Gasteiger partial charge on any atom is 0.321 e. The van der Waals surface area contributed by atoms with Crippen LogP contribution in [0.25, 0.3) is 0 Å². The van der Waals surface area contributed by atoms with Crippen molar-refractivity contribution in [1.29, 1.82) is 0 Å². The van der Waals surface area contributed by atoms with Crippen LogP contribution in [0.5, 0.6) is 0 Å². The number of aliphatic hydroxyl groups excluding tert-OH is 1. The van der Waals surface area contributed by atoms with E-state index in [0.29, 0.717) is 32.5 Å². The van der Waals surface area contributed by atoms with E-state index in [-0.39, 0.29) is 17.9 Å². The molecule has 126 valence electrons. The largest absolute Gasteiger partial charge is 0.391 e. The second kappa shape index (κ2) is 6.70. The number of likely N-dealkylation sites (tertiary alicyclic amines) is 1. The van der Waals surface area contributed by atoms with E-state index >= 15 is 0 Å². The first-order valence-electron chi connectivity index (χ1n) is 8.02. The van der Waals surface area contributed by atoms with Gasteiger partial charge in [0, 0.05) is 31.9 Å². The number of rotatable bonds is 2. The van der Waals surface area contributed by atoms with Gasteiger partial charge in [-0.2, -0.15) is 0 Å². The molecule has 1 atom stereocenters. The fraction of sp³-hybridized carbons (Fsp3) is 0.562. The average Bonchev–Trinajstić information content (AvgIpc) is 3.00. The Morgan fingerprint density at radius 2 is 1.78 bits per heavy atom. The van der Waals surface area contributed by atoms with Crippen molar-refractivity contribution >= 4 is 17.4 Å². The monoisotopic (exact) mass is 325 g/mol. The minimum atomic E-state index is -0.666. The molecule has 2 saturated heterocycles. The van der Waals surface area contributed by atoms with Crippen LogP contribution in [0.3, 0.4) is 0 Å². The van der Waals surface area contributed by atoms with Crippen molar-refractivity contribution in [3.63, 3.8) is 0 Å². The van der Waals surface area contributed by atoms with Crippen LogP contribution < -0.4 is 10.2 Å². The van der Waals surface area contributed by atoms with Gasteiger partial charge in [-0.05, 0) is 37.8 Å². The minimum Gasteiger partial charge on any atom is -0.391 e. The molecule has 0 radical (unpaired) electrons. The number of carbonyl (C=O) groups excluding carboxylic acids is 1. The lowest BCUT2D eigenvalue weighted by Gasteiger charge is -2.30. The summed E-state index contributed by atoms with van der Waals surface area (Å²) >= 11 is 0. The summed E-state index contributed by atoms with van der Waals surface area (Å²) in [4.78, 5) is 15.3. The summed E-state index contributed by atoms with van der Waals surface area (Å²) in [6, 6.07) is 1.85. The van der Waals surface area contributed by atoms with E-state index < -0.39 is 23.8 Å². The van der Waals surface area contributed by atoms with E-state index in [1.54, 1.807) is 4.90 Å². The predicted molar refractivity (Wildman–Crippen MR) is 83.6 cm³/mol. The zero-order valence-corrected chi connectivity index (χ0v) is 12.9. The molecule has 0 saturated carbocycles.